The lowest BCUT2D eigenvalue weighted by Crippen LogP contribution is -2.00. The molecule has 0 bridgehead atoms. The number of hydrogen-bond donors (Lipinski definition) is 0. The Hall–Kier alpha value is -0.570. The molecule has 0 amide bonds. The van der Waals surface area contributed by atoms with Crippen molar-refractivity contribution in [2.24, 2.45) is 0 Å². The van der Waals surface area contributed by atoms with Crippen LogP contribution in [-0.4, -0.2) is 7.11 Å². The van der Waals surface area contributed by atoms with Crippen LogP contribution in [0.3, 0.4) is 0 Å². The van der Waals surface area contributed by atoms with E-state index in [1.165, 1.54) is 0 Å². The molecule has 0 atom stereocenters. The van der Waals surface area contributed by atoms with Gasteiger partial charge >= 0.3 is 0 Å². The maximum absolute atomic E-state index is 8.64. The Bertz CT molecular complexity index is 453. The molecule has 0 spiro atoms. The SMILES string of the molecule is COCc1c(Br)c(C)c(Br)c(C)c1OC#N. The standard InChI is InChI=1S/C11H11Br2NO2/c1-6-9(12)7(2)11(16-5-14)8(4-15-3)10(6)13/h4H2,1-3H3. The van der Waals surface area contributed by atoms with Gasteiger partial charge in [0.25, 0.3) is 6.26 Å². The maximum atomic E-state index is 8.64. The summed E-state index contributed by atoms with van der Waals surface area (Å²) >= 11 is 6.96. The number of rotatable bonds is 3. The van der Waals surface area contributed by atoms with Crippen molar-refractivity contribution in [3.8, 4) is 12.0 Å². The molecule has 0 unspecified atom stereocenters. The quantitative estimate of drug-likeness (QED) is 0.779. The van der Waals surface area contributed by atoms with Gasteiger partial charge in [0.05, 0.1) is 6.61 Å². The summed E-state index contributed by atoms with van der Waals surface area (Å²) in [7, 11) is 1.61. The first-order valence-corrected chi connectivity index (χ1v) is 6.15. The Morgan fingerprint density at radius 1 is 1.19 bits per heavy atom. The van der Waals surface area contributed by atoms with Crippen LogP contribution in [0, 0.1) is 25.4 Å². The number of halogens is 2. The summed E-state index contributed by atoms with van der Waals surface area (Å²) < 4.78 is 11.9. The second-order valence-corrected chi connectivity index (χ2v) is 4.90. The van der Waals surface area contributed by atoms with Gasteiger partial charge in [-0.1, -0.05) is 15.9 Å². The van der Waals surface area contributed by atoms with E-state index in [1.807, 2.05) is 13.8 Å². The molecule has 3 nitrogen and oxygen atoms in total. The van der Waals surface area contributed by atoms with Gasteiger partial charge in [0, 0.05) is 27.2 Å². The molecule has 0 aliphatic rings. The third-order valence-corrected chi connectivity index (χ3v) is 4.57. The zero-order valence-electron chi connectivity index (χ0n) is 9.23. The number of nitriles is 1. The van der Waals surface area contributed by atoms with Gasteiger partial charge in [-0.15, -0.1) is 5.26 Å². The van der Waals surface area contributed by atoms with Crippen LogP contribution in [0.2, 0.25) is 0 Å². The molecule has 0 fully saturated rings. The minimum absolute atomic E-state index is 0.395. The van der Waals surface area contributed by atoms with Gasteiger partial charge < -0.3 is 9.47 Å². The van der Waals surface area contributed by atoms with E-state index in [1.54, 1.807) is 13.4 Å². The Morgan fingerprint density at radius 3 is 2.31 bits per heavy atom. The average molecular weight is 349 g/mol. The van der Waals surface area contributed by atoms with Crippen molar-refractivity contribution >= 4 is 31.9 Å². The lowest BCUT2D eigenvalue weighted by Gasteiger charge is -2.15. The van der Waals surface area contributed by atoms with Crippen molar-refractivity contribution in [1.82, 2.24) is 0 Å². The third-order valence-electron chi connectivity index (χ3n) is 2.30. The van der Waals surface area contributed by atoms with Gasteiger partial charge in [0.2, 0.25) is 0 Å². The lowest BCUT2D eigenvalue weighted by atomic mass is 10.1. The second-order valence-electron chi connectivity index (χ2n) is 3.31. The van der Waals surface area contributed by atoms with Crippen molar-refractivity contribution in [3.63, 3.8) is 0 Å². The number of benzene rings is 1. The van der Waals surface area contributed by atoms with Crippen LogP contribution in [0.5, 0.6) is 5.75 Å². The number of hydrogen-bond acceptors (Lipinski definition) is 3. The third kappa shape index (κ3) is 2.40. The first-order valence-electron chi connectivity index (χ1n) is 4.56. The highest BCUT2D eigenvalue weighted by atomic mass is 79.9. The summed E-state index contributed by atoms with van der Waals surface area (Å²) in [5.74, 6) is 0.550. The van der Waals surface area contributed by atoms with Gasteiger partial charge in [-0.05, 0) is 35.3 Å². The fourth-order valence-electron chi connectivity index (χ4n) is 1.49. The Kier molecular flexibility index (Phi) is 4.78. The topological polar surface area (TPSA) is 42.2 Å². The van der Waals surface area contributed by atoms with E-state index < -0.39 is 0 Å². The second kappa shape index (κ2) is 5.67. The van der Waals surface area contributed by atoms with E-state index in [-0.39, 0.29) is 0 Å². The summed E-state index contributed by atoms with van der Waals surface area (Å²) in [5.41, 5.74) is 2.81. The predicted octanol–water partition coefficient (Wildman–Crippen LogP) is 3.83. The smallest absolute Gasteiger partial charge is 0.292 e. The molecule has 16 heavy (non-hydrogen) atoms. The first kappa shape index (κ1) is 13.5. The summed E-state index contributed by atoms with van der Waals surface area (Å²) in [5, 5.41) is 8.64. The number of nitrogens with zero attached hydrogens (tertiary/aromatic N) is 1. The molecule has 0 saturated carbocycles. The molecular formula is C11H11Br2NO2. The van der Waals surface area contributed by atoms with E-state index >= 15 is 0 Å². The fourth-order valence-corrected chi connectivity index (χ4v) is 2.62. The van der Waals surface area contributed by atoms with Crippen molar-refractivity contribution in [2.75, 3.05) is 7.11 Å². The zero-order chi connectivity index (χ0) is 12.3. The summed E-state index contributed by atoms with van der Waals surface area (Å²) in [4.78, 5) is 0. The highest BCUT2D eigenvalue weighted by Gasteiger charge is 2.18. The molecule has 0 N–H and O–H groups in total. The molecule has 5 heteroatoms. The minimum Gasteiger partial charge on any atom is -0.387 e. The molecule has 1 aromatic carbocycles. The largest absolute Gasteiger partial charge is 0.387 e. The lowest BCUT2D eigenvalue weighted by molar-refractivity contribution is 0.182. The molecule has 1 aromatic rings. The normalized spacial score (nSPS) is 10.0. The van der Waals surface area contributed by atoms with E-state index in [9.17, 15) is 0 Å². The van der Waals surface area contributed by atoms with Crippen LogP contribution >= 0.6 is 31.9 Å². The van der Waals surface area contributed by atoms with Crippen LogP contribution in [0.4, 0.5) is 0 Å². The number of ether oxygens (including phenoxy) is 2. The monoisotopic (exact) mass is 347 g/mol. The van der Waals surface area contributed by atoms with E-state index in [0.717, 1.165) is 25.6 Å². The van der Waals surface area contributed by atoms with Crippen LogP contribution in [0.1, 0.15) is 16.7 Å². The Labute approximate surface area is 112 Å². The highest BCUT2D eigenvalue weighted by Crippen LogP contribution is 2.39. The van der Waals surface area contributed by atoms with Crippen LogP contribution in [-0.2, 0) is 11.3 Å². The Morgan fingerprint density at radius 2 is 1.81 bits per heavy atom. The van der Waals surface area contributed by atoms with Gasteiger partial charge in [-0.3, -0.25) is 0 Å². The van der Waals surface area contributed by atoms with Gasteiger partial charge in [0.15, 0.2) is 5.75 Å². The van der Waals surface area contributed by atoms with E-state index in [2.05, 4.69) is 31.9 Å². The highest BCUT2D eigenvalue weighted by molar-refractivity contribution is 9.11. The molecule has 0 heterocycles. The molecule has 0 aliphatic carbocycles. The van der Waals surface area contributed by atoms with Crippen molar-refractivity contribution in [1.29, 1.82) is 5.26 Å². The minimum atomic E-state index is 0.395. The maximum Gasteiger partial charge on any atom is 0.292 e. The van der Waals surface area contributed by atoms with E-state index in [4.69, 9.17) is 14.7 Å². The molecule has 0 saturated heterocycles. The number of methoxy groups -OCH3 is 1. The van der Waals surface area contributed by atoms with Crippen molar-refractivity contribution in [2.45, 2.75) is 20.5 Å². The van der Waals surface area contributed by atoms with Crippen LogP contribution < -0.4 is 4.74 Å². The van der Waals surface area contributed by atoms with Gasteiger partial charge in [-0.2, -0.15) is 0 Å². The predicted molar refractivity (Wildman–Crippen MR) is 68.3 cm³/mol. The van der Waals surface area contributed by atoms with Crippen LogP contribution in [0.25, 0.3) is 0 Å². The summed E-state index contributed by atoms with van der Waals surface area (Å²) in [6.45, 7) is 4.28. The average Bonchev–Trinajstić information content (AvgIpc) is 2.28. The molecule has 0 aliphatic heterocycles. The summed E-state index contributed by atoms with van der Waals surface area (Å²) in [6, 6.07) is 0. The Balaban J connectivity index is 3.49. The summed E-state index contributed by atoms with van der Waals surface area (Å²) in [6.07, 6.45) is 1.70. The zero-order valence-corrected chi connectivity index (χ0v) is 12.4. The van der Waals surface area contributed by atoms with Gasteiger partial charge in [-0.25, -0.2) is 0 Å². The van der Waals surface area contributed by atoms with Crippen molar-refractivity contribution in [3.05, 3.63) is 25.6 Å². The van der Waals surface area contributed by atoms with Crippen molar-refractivity contribution < 1.29 is 9.47 Å². The van der Waals surface area contributed by atoms with Crippen LogP contribution in [0.15, 0.2) is 8.95 Å². The molecule has 86 valence electrons. The molecule has 0 radical (unpaired) electrons. The van der Waals surface area contributed by atoms with Gasteiger partial charge in [0.1, 0.15) is 0 Å². The molecule has 0 aromatic heterocycles. The first-order chi connectivity index (χ1) is 7.54. The fraction of sp³-hybridized carbons (Fsp3) is 0.364. The molecule has 1 rings (SSSR count). The van der Waals surface area contributed by atoms with E-state index in [0.29, 0.717) is 12.4 Å². The molecular weight excluding hydrogens is 338 g/mol.